The Morgan fingerprint density at radius 3 is 2.83 bits per heavy atom. The van der Waals surface area contributed by atoms with Crippen molar-refractivity contribution in [2.24, 2.45) is 5.10 Å². The van der Waals surface area contributed by atoms with Gasteiger partial charge >= 0.3 is 0 Å². The monoisotopic (exact) mass is 278 g/mol. The Morgan fingerprint density at radius 2 is 2.17 bits per heavy atom. The molecule has 92 valence electrons. The van der Waals surface area contributed by atoms with E-state index >= 15 is 0 Å². The number of halogens is 1. The molecule has 0 aliphatic rings. The maximum atomic E-state index is 11.8. The molecule has 0 radical (unpaired) electrons. The molecule has 3 nitrogen and oxygen atoms in total. The van der Waals surface area contributed by atoms with Crippen molar-refractivity contribution in [3.63, 3.8) is 0 Å². The number of hydrogen-bond acceptors (Lipinski definition) is 3. The Morgan fingerprint density at radius 1 is 1.33 bits per heavy atom. The highest BCUT2D eigenvalue weighted by Gasteiger charge is 2.05. The van der Waals surface area contributed by atoms with Gasteiger partial charge in [0.25, 0.3) is 5.91 Å². The molecule has 0 unspecified atom stereocenters. The van der Waals surface area contributed by atoms with Gasteiger partial charge in [-0.25, -0.2) is 5.43 Å². The number of thiophene rings is 1. The first-order chi connectivity index (χ1) is 8.66. The fourth-order valence-electron chi connectivity index (χ4n) is 1.37. The smallest absolute Gasteiger partial charge is 0.267 e. The van der Waals surface area contributed by atoms with Gasteiger partial charge in [0.05, 0.1) is 5.71 Å². The summed E-state index contributed by atoms with van der Waals surface area (Å²) >= 11 is 7.40. The summed E-state index contributed by atoms with van der Waals surface area (Å²) in [5, 5.41) is 6.55. The van der Waals surface area contributed by atoms with Crippen molar-refractivity contribution >= 4 is 34.6 Å². The Hall–Kier alpha value is -1.65. The first kappa shape index (κ1) is 12.8. The van der Waals surface area contributed by atoms with Gasteiger partial charge in [-0.15, -0.1) is 11.3 Å². The third-order valence-electron chi connectivity index (χ3n) is 2.29. The lowest BCUT2D eigenvalue weighted by molar-refractivity contribution is 0.0955. The van der Waals surface area contributed by atoms with Crippen molar-refractivity contribution in [1.82, 2.24) is 5.43 Å². The van der Waals surface area contributed by atoms with Crippen molar-refractivity contribution < 1.29 is 4.79 Å². The molecular weight excluding hydrogens is 268 g/mol. The number of carbonyl (C=O) groups excluding carboxylic acids is 1. The number of nitrogens with one attached hydrogen (secondary N) is 1. The Bertz CT molecular complexity index is 578. The van der Waals surface area contributed by atoms with Gasteiger partial charge in [0.2, 0.25) is 0 Å². The number of carbonyl (C=O) groups is 1. The minimum absolute atomic E-state index is 0.270. The van der Waals surface area contributed by atoms with Crippen molar-refractivity contribution in [3.8, 4) is 0 Å². The summed E-state index contributed by atoms with van der Waals surface area (Å²) in [5.74, 6) is -0.270. The van der Waals surface area contributed by atoms with Crippen molar-refractivity contribution in [2.45, 2.75) is 6.92 Å². The fraction of sp³-hybridized carbons (Fsp3) is 0.0769. The van der Waals surface area contributed by atoms with Gasteiger partial charge in [0.15, 0.2) is 0 Å². The fourth-order valence-corrected chi connectivity index (χ4v) is 2.24. The number of nitrogens with zero attached hydrogens (tertiary/aromatic N) is 1. The van der Waals surface area contributed by atoms with Crippen LogP contribution in [0, 0.1) is 0 Å². The first-order valence-corrected chi connectivity index (χ1v) is 6.56. The topological polar surface area (TPSA) is 41.5 Å². The summed E-state index contributed by atoms with van der Waals surface area (Å²) in [4.78, 5) is 12.8. The van der Waals surface area contributed by atoms with Crippen LogP contribution < -0.4 is 5.43 Å². The second kappa shape index (κ2) is 5.80. The molecule has 1 aromatic heterocycles. The van der Waals surface area contributed by atoms with Crippen LogP contribution in [0.4, 0.5) is 0 Å². The van der Waals surface area contributed by atoms with Gasteiger partial charge in [-0.05, 0) is 36.6 Å². The predicted molar refractivity (Wildman–Crippen MR) is 75.4 cm³/mol. The number of hydrogen-bond donors (Lipinski definition) is 1. The third kappa shape index (κ3) is 3.18. The van der Waals surface area contributed by atoms with E-state index in [0.717, 1.165) is 10.6 Å². The van der Waals surface area contributed by atoms with Crippen molar-refractivity contribution in [1.29, 1.82) is 0 Å². The standard InChI is InChI=1S/C13H11ClN2OS/c1-9(12-6-3-7-18-12)15-16-13(17)10-4-2-5-11(14)8-10/h2-8H,1H3,(H,16,17). The molecule has 1 amide bonds. The van der Waals surface area contributed by atoms with Crippen LogP contribution >= 0.6 is 22.9 Å². The van der Waals surface area contributed by atoms with E-state index in [9.17, 15) is 4.79 Å². The molecule has 0 aliphatic heterocycles. The van der Waals surface area contributed by atoms with Crippen molar-refractivity contribution in [3.05, 3.63) is 57.2 Å². The molecule has 0 atom stereocenters. The van der Waals surface area contributed by atoms with Crippen LogP contribution in [0.3, 0.4) is 0 Å². The Kier molecular flexibility index (Phi) is 4.12. The minimum atomic E-state index is -0.270. The zero-order chi connectivity index (χ0) is 13.0. The lowest BCUT2D eigenvalue weighted by Gasteiger charge is -2.01. The summed E-state index contributed by atoms with van der Waals surface area (Å²) in [6, 6.07) is 10.6. The molecule has 0 aliphatic carbocycles. The summed E-state index contributed by atoms with van der Waals surface area (Å²) < 4.78 is 0. The van der Waals surface area contributed by atoms with E-state index in [1.807, 2.05) is 24.4 Å². The second-order valence-corrected chi connectivity index (χ2v) is 5.01. The highest BCUT2D eigenvalue weighted by molar-refractivity contribution is 7.12. The zero-order valence-electron chi connectivity index (χ0n) is 9.68. The van der Waals surface area contributed by atoms with Crippen LogP contribution in [0.1, 0.15) is 22.2 Å². The van der Waals surface area contributed by atoms with Gasteiger partial charge in [-0.3, -0.25) is 4.79 Å². The van der Waals surface area contributed by atoms with Gasteiger partial charge in [0, 0.05) is 15.5 Å². The van der Waals surface area contributed by atoms with Crippen LogP contribution in [-0.2, 0) is 0 Å². The number of hydrazone groups is 1. The van der Waals surface area contributed by atoms with E-state index in [0.29, 0.717) is 10.6 Å². The molecule has 1 aromatic carbocycles. The largest absolute Gasteiger partial charge is 0.271 e. The van der Waals surface area contributed by atoms with Gasteiger partial charge in [-0.2, -0.15) is 5.10 Å². The van der Waals surface area contributed by atoms with Crippen LogP contribution in [0.5, 0.6) is 0 Å². The maximum absolute atomic E-state index is 11.8. The molecule has 0 saturated heterocycles. The molecule has 0 saturated carbocycles. The van der Waals surface area contributed by atoms with E-state index in [1.54, 1.807) is 35.6 Å². The molecule has 0 spiro atoms. The minimum Gasteiger partial charge on any atom is -0.267 e. The number of rotatable bonds is 3. The first-order valence-electron chi connectivity index (χ1n) is 5.31. The summed E-state index contributed by atoms with van der Waals surface area (Å²) in [6.45, 7) is 1.85. The molecule has 0 fully saturated rings. The van der Waals surface area contributed by atoms with Crippen LogP contribution in [0.2, 0.25) is 5.02 Å². The molecular formula is C13H11ClN2OS. The quantitative estimate of drug-likeness (QED) is 0.677. The van der Waals surface area contributed by atoms with Gasteiger partial charge in [-0.1, -0.05) is 23.7 Å². The molecule has 1 N–H and O–H groups in total. The Labute approximate surface area is 114 Å². The SMILES string of the molecule is CC(=NNC(=O)c1cccc(Cl)c1)c1cccs1. The van der Waals surface area contributed by atoms with E-state index in [2.05, 4.69) is 10.5 Å². The highest BCUT2D eigenvalue weighted by Crippen LogP contribution is 2.11. The summed E-state index contributed by atoms with van der Waals surface area (Å²) in [7, 11) is 0. The highest BCUT2D eigenvalue weighted by atomic mass is 35.5. The van der Waals surface area contributed by atoms with E-state index in [1.165, 1.54) is 0 Å². The van der Waals surface area contributed by atoms with E-state index in [4.69, 9.17) is 11.6 Å². The number of benzene rings is 1. The van der Waals surface area contributed by atoms with Crippen molar-refractivity contribution in [2.75, 3.05) is 0 Å². The lowest BCUT2D eigenvalue weighted by atomic mass is 10.2. The van der Waals surface area contributed by atoms with Crippen LogP contribution in [0.15, 0.2) is 46.9 Å². The second-order valence-electron chi connectivity index (χ2n) is 3.63. The van der Waals surface area contributed by atoms with Gasteiger partial charge < -0.3 is 0 Å². The Balaban J connectivity index is 2.07. The molecule has 0 bridgehead atoms. The zero-order valence-corrected chi connectivity index (χ0v) is 11.3. The molecule has 18 heavy (non-hydrogen) atoms. The molecule has 2 rings (SSSR count). The normalized spacial score (nSPS) is 11.3. The third-order valence-corrected chi connectivity index (χ3v) is 3.50. The predicted octanol–water partition coefficient (Wildman–Crippen LogP) is 3.56. The molecule has 1 heterocycles. The van der Waals surface area contributed by atoms with Gasteiger partial charge in [0.1, 0.15) is 0 Å². The van der Waals surface area contributed by atoms with E-state index < -0.39 is 0 Å². The van der Waals surface area contributed by atoms with E-state index in [-0.39, 0.29) is 5.91 Å². The average Bonchev–Trinajstić information content (AvgIpc) is 2.89. The summed E-state index contributed by atoms with van der Waals surface area (Å²) in [6.07, 6.45) is 0. The lowest BCUT2D eigenvalue weighted by Crippen LogP contribution is -2.19. The maximum Gasteiger partial charge on any atom is 0.271 e. The molecule has 2 aromatic rings. The average molecular weight is 279 g/mol. The summed E-state index contributed by atoms with van der Waals surface area (Å²) in [5.41, 5.74) is 3.78. The number of amides is 1. The van der Waals surface area contributed by atoms with Crippen LogP contribution in [0.25, 0.3) is 0 Å². The molecule has 5 heteroatoms. The van der Waals surface area contributed by atoms with Crippen LogP contribution in [-0.4, -0.2) is 11.6 Å².